The van der Waals surface area contributed by atoms with Gasteiger partial charge in [-0.05, 0) is 61.4 Å². The summed E-state index contributed by atoms with van der Waals surface area (Å²) in [6, 6.07) is 7.84. The molecule has 7 nitrogen and oxygen atoms in total. The molecule has 2 aromatic rings. The SMILES string of the molecule is CCNC(=O)N(CC(=O)N(Cc1ccc2c(c1)OCO2)Cc1sccc1C)C1CCCCC1. The molecule has 1 aliphatic carbocycles. The maximum atomic E-state index is 13.6. The van der Waals surface area contributed by atoms with Crippen molar-refractivity contribution in [3.05, 3.63) is 45.6 Å². The van der Waals surface area contributed by atoms with E-state index < -0.39 is 0 Å². The van der Waals surface area contributed by atoms with Crippen molar-refractivity contribution in [2.75, 3.05) is 19.9 Å². The molecule has 1 saturated carbocycles. The fraction of sp³-hybridized carbons (Fsp3) is 0.520. The summed E-state index contributed by atoms with van der Waals surface area (Å²) in [5.41, 5.74) is 2.15. The Bertz CT molecular complexity index is 970. The van der Waals surface area contributed by atoms with E-state index in [4.69, 9.17) is 9.47 Å². The standard InChI is InChI=1S/C25H33N3O4S/c1-3-26-25(30)28(20-7-5-4-6-8-20)16-24(29)27(15-23-18(2)11-12-33-23)14-19-9-10-21-22(13-19)32-17-31-21/h9-13,20H,3-8,14-17H2,1-2H3,(H,26,30). The number of benzene rings is 1. The smallest absolute Gasteiger partial charge is 0.318 e. The summed E-state index contributed by atoms with van der Waals surface area (Å²) >= 11 is 1.66. The lowest BCUT2D eigenvalue weighted by Gasteiger charge is -2.35. The van der Waals surface area contributed by atoms with Gasteiger partial charge >= 0.3 is 6.03 Å². The molecule has 2 aliphatic rings. The van der Waals surface area contributed by atoms with Gasteiger partial charge < -0.3 is 24.6 Å². The molecule has 1 aromatic heterocycles. The maximum Gasteiger partial charge on any atom is 0.318 e. The fourth-order valence-electron chi connectivity index (χ4n) is 4.49. The molecule has 0 atom stereocenters. The number of aryl methyl sites for hydroxylation is 1. The summed E-state index contributed by atoms with van der Waals surface area (Å²) in [7, 11) is 0. The summed E-state index contributed by atoms with van der Waals surface area (Å²) in [5, 5.41) is 4.96. The van der Waals surface area contributed by atoms with Crippen molar-refractivity contribution in [3.8, 4) is 11.5 Å². The fourth-order valence-corrected chi connectivity index (χ4v) is 5.41. The monoisotopic (exact) mass is 471 g/mol. The van der Waals surface area contributed by atoms with Gasteiger partial charge in [-0.2, -0.15) is 0 Å². The van der Waals surface area contributed by atoms with Gasteiger partial charge in [0.15, 0.2) is 11.5 Å². The Morgan fingerprint density at radius 2 is 1.88 bits per heavy atom. The number of urea groups is 1. The van der Waals surface area contributed by atoms with Crippen molar-refractivity contribution in [2.24, 2.45) is 0 Å². The van der Waals surface area contributed by atoms with Crippen LogP contribution in [0.2, 0.25) is 0 Å². The van der Waals surface area contributed by atoms with E-state index in [0.29, 0.717) is 25.4 Å². The second kappa shape index (κ2) is 10.9. The van der Waals surface area contributed by atoms with Crippen LogP contribution in [0.25, 0.3) is 0 Å². The Balaban J connectivity index is 1.54. The van der Waals surface area contributed by atoms with Gasteiger partial charge in [0, 0.05) is 24.0 Å². The number of nitrogens with zero attached hydrogens (tertiary/aromatic N) is 2. The highest BCUT2D eigenvalue weighted by molar-refractivity contribution is 7.10. The van der Waals surface area contributed by atoms with Gasteiger partial charge in [-0.15, -0.1) is 11.3 Å². The average Bonchev–Trinajstić information content (AvgIpc) is 3.46. The molecule has 3 amide bonds. The average molecular weight is 472 g/mol. The molecule has 4 rings (SSSR count). The topological polar surface area (TPSA) is 71.1 Å². The van der Waals surface area contributed by atoms with Crippen molar-refractivity contribution in [2.45, 2.75) is 65.1 Å². The van der Waals surface area contributed by atoms with Crippen LogP contribution < -0.4 is 14.8 Å². The molecule has 1 aliphatic heterocycles. The van der Waals surface area contributed by atoms with Gasteiger partial charge in [0.05, 0.1) is 6.54 Å². The van der Waals surface area contributed by atoms with E-state index in [-0.39, 0.29) is 31.3 Å². The zero-order chi connectivity index (χ0) is 23.2. The number of ether oxygens (including phenoxy) is 2. The Hall–Kier alpha value is -2.74. The summed E-state index contributed by atoms with van der Waals surface area (Å²) < 4.78 is 10.9. The second-order valence-corrected chi connectivity index (χ2v) is 9.72. The molecule has 1 fully saturated rings. The molecule has 0 unspecified atom stereocenters. The van der Waals surface area contributed by atoms with E-state index in [1.807, 2.05) is 30.0 Å². The first kappa shape index (κ1) is 23.4. The number of carbonyl (C=O) groups is 2. The normalized spacial score (nSPS) is 15.3. The van der Waals surface area contributed by atoms with Gasteiger partial charge in [0.1, 0.15) is 6.54 Å². The van der Waals surface area contributed by atoms with Gasteiger partial charge in [-0.25, -0.2) is 4.79 Å². The van der Waals surface area contributed by atoms with Crippen LogP contribution >= 0.6 is 11.3 Å². The number of fused-ring (bicyclic) bond motifs is 1. The number of hydrogen-bond donors (Lipinski definition) is 1. The van der Waals surface area contributed by atoms with Crippen molar-refractivity contribution in [3.63, 3.8) is 0 Å². The molecule has 0 spiro atoms. The van der Waals surface area contributed by atoms with E-state index in [2.05, 4.69) is 23.7 Å². The summed E-state index contributed by atoms with van der Waals surface area (Å²) in [4.78, 5) is 31.3. The van der Waals surface area contributed by atoms with Crippen LogP contribution in [-0.4, -0.2) is 47.7 Å². The van der Waals surface area contributed by atoms with Crippen molar-refractivity contribution in [1.29, 1.82) is 0 Å². The lowest BCUT2D eigenvalue weighted by Crippen LogP contribution is -2.51. The number of nitrogens with one attached hydrogen (secondary N) is 1. The predicted octanol–water partition coefficient (Wildman–Crippen LogP) is 4.68. The number of hydrogen-bond acceptors (Lipinski definition) is 5. The Morgan fingerprint density at radius 3 is 2.61 bits per heavy atom. The lowest BCUT2D eigenvalue weighted by molar-refractivity contribution is -0.133. The highest BCUT2D eigenvalue weighted by atomic mass is 32.1. The Morgan fingerprint density at radius 1 is 1.09 bits per heavy atom. The van der Waals surface area contributed by atoms with Gasteiger partial charge in [0.2, 0.25) is 12.7 Å². The van der Waals surface area contributed by atoms with Crippen LogP contribution in [0.1, 0.15) is 55.0 Å². The Labute approximate surface area is 199 Å². The molecule has 8 heteroatoms. The molecule has 2 heterocycles. The largest absolute Gasteiger partial charge is 0.454 e. The first-order chi connectivity index (χ1) is 16.0. The van der Waals surface area contributed by atoms with Crippen LogP contribution in [0.5, 0.6) is 11.5 Å². The molecule has 178 valence electrons. The van der Waals surface area contributed by atoms with Crippen LogP contribution in [0.4, 0.5) is 4.79 Å². The van der Waals surface area contributed by atoms with Crippen LogP contribution in [0, 0.1) is 6.92 Å². The molecule has 0 bridgehead atoms. The van der Waals surface area contributed by atoms with E-state index in [9.17, 15) is 9.59 Å². The Kier molecular flexibility index (Phi) is 7.75. The zero-order valence-corrected chi connectivity index (χ0v) is 20.3. The number of thiophene rings is 1. The van der Waals surface area contributed by atoms with Crippen molar-refractivity contribution >= 4 is 23.3 Å². The molecular weight excluding hydrogens is 438 g/mol. The molecule has 0 radical (unpaired) electrons. The summed E-state index contributed by atoms with van der Waals surface area (Å²) in [6.07, 6.45) is 5.31. The van der Waals surface area contributed by atoms with Crippen molar-refractivity contribution < 1.29 is 19.1 Å². The highest BCUT2D eigenvalue weighted by Crippen LogP contribution is 2.33. The number of rotatable bonds is 8. The minimum absolute atomic E-state index is 0.0442. The maximum absolute atomic E-state index is 13.6. The first-order valence-electron chi connectivity index (χ1n) is 11.8. The minimum Gasteiger partial charge on any atom is -0.454 e. The van der Waals surface area contributed by atoms with E-state index in [1.54, 1.807) is 16.2 Å². The zero-order valence-electron chi connectivity index (χ0n) is 19.5. The summed E-state index contributed by atoms with van der Waals surface area (Å²) in [5.74, 6) is 1.39. The quantitative estimate of drug-likeness (QED) is 0.607. The van der Waals surface area contributed by atoms with Crippen LogP contribution in [-0.2, 0) is 17.9 Å². The van der Waals surface area contributed by atoms with Gasteiger partial charge in [-0.3, -0.25) is 4.79 Å². The molecule has 1 aromatic carbocycles. The first-order valence-corrected chi connectivity index (χ1v) is 12.7. The molecule has 1 N–H and O–H groups in total. The van der Waals surface area contributed by atoms with Gasteiger partial charge in [-0.1, -0.05) is 25.3 Å². The number of carbonyl (C=O) groups excluding carboxylic acids is 2. The van der Waals surface area contributed by atoms with Gasteiger partial charge in [0.25, 0.3) is 0 Å². The molecular formula is C25H33N3O4S. The molecule has 0 saturated heterocycles. The van der Waals surface area contributed by atoms with Crippen LogP contribution in [0.3, 0.4) is 0 Å². The van der Waals surface area contributed by atoms with Crippen LogP contribution in [0.15, 0.2) is 29.6 Å². The second-order valence-electron chi connectivity index (χ2n) is 8.72. The third kappa shape index (κ3) is 5.79. The minimum atomic E-state index is -0.145. The van der Waals surface area contributed by atoms with Crippen molar-refractivity contribution in [1.82, 2.24) is 15.1 Å². The van der Waals surface area contributed by atoms with E-state index >= 15 is 0 Å². The van der Waals surface area contributed by atoms with E-state index in [1.165, 1.54) is 12.0 Å². The third-order valence-electron chi connectivity index (χ3n) is 6.38. The summed E-state index contributed by atoms with van der Waals surface area (Å²) in [6.45, 7) is 5.80. The lowest BCUT2D eigenvalue weighted by atomic mass is 9.94. The highest BCUT2D eigenvalue weighted by Gasteiger charge is 2.29. The number of amides is 3. The molecule has 33 heavy (non-hydrogen) atoms. The van der Waals surface area contributed by atoms with E-state index in [0.717, 1.165) is 41.9 Å². The predicted molar refractivity (Wildman–Crippen MR) is 129 cm³/mol. The third-order valence-corrected chi connectivity index (χ3v) is 7.38.